The van der Waals surface area contributed by atoms with Gasteiger partial charge in [-0.05, 0) is 49.7 Å². The second-order valence-electron chi connectivity index (χ2n) is 5.35. The van der Waals surface area contributed by atoms with Crippen molar-refractivity contribution >= 4 is 23.4 Å². The molecule has 0 aliphatic carbocycles. The molecule has 2 rings (SSSR count). The van der Waals surface area contributed by atoms with Crippen molar-refractivity contribution in [2.24, 2.45) is 0 Å². The van der Waals surface area contributed by atoms with E-state index in [2.05, 4.69) is 10.6 Å². The Kier molecular flexibility index (Phi) is 7.42. The molecule has 0 heterocycles. The Hall–Kier alpha value is -3.09. The molecule has 0 spiro atoms. The number of para-hydroxylation sites is 1. The van der Waals surface area contributed by atoms with Gasteiger partial charge in [0, 0.05) is 17.8 Å². The number of hydrogen-bond acceptors (Lipinski definition) is 4. The summed E-state index contributed by atoms with van der Waals surface area (Å²) < 4.78 is 23.5. The van der Waals surface area contributed by atoms with Crippen molar-refractivity contribution in [1.82, 2.24) is 0 Å². The number of anilines is 2. The van der Waals surface area contributed by atoms with E-state index in [4.69, 9.17) is 9.47 Å². The maximum atomic E-state index is 13.4. The summed E-state index contributed by atoms with van der Waals surface area (Å²) >= 11 is 0. The molecule has 2 N–H and O–H groups in total. The first-order valence-electron chi connectivity index (χ1n) is 8.29. The molecule has 0 aromatic heterocycles. The van der Waals surface area contributed by atoms with Crippen molar-refractivity contribution in [1.29, 1.82) is 0 Å². The van der Waals surface area contributed by atoms with Gasteiger partial charge in [0.1, 0.15) is 0 Å². The van der Waals surface area contributed by atoms with Gasteiger partial charge in [-0.25, -0.2) is 9.18 Å². The van der Waals surface area contributed by atoms with E-state index >= 15 is 0 Å². The molecule has 0 radical (unpaired) electrons. The third-order valence-electron chi connectivity index (χ3n) is 3.33. The molecule has 0 fully saturated rings. The van der Waals surface area contributed by atoms with Crippen LogP contribution in [0.3, 0.4) is 0 Å². The van der Waals surface area contributed by atoms with Crippen LogP contribution in [0, 0.1) is 5.82 Å². The summed E-state index contributed by atoms with van der Waals surface area (Å²) in [6.07, 6.45) is 0.180. The fraction of sp³-hybridized carbons (Fsp3) is 0.263. The number of nitrogens with one attached hydrogen (secondary N) is 2. The van der Waals surface area contributed by atoms with Gasteiger partial charge in [0.05, 0.1) is 13.2 Å². The molecular formula is C19H21FN2O4. The summed E-state index contributed by atoms with van der Waals surface area (Å²) in [6, 6.07) is 12.8. The van der Waals surface area contributed by atoms with Crippen molar-refractivity contribution in [3.63, 3.8) is 0 Å². The lowest BCUT2D eigenvalue weighted by molar-refractivity contribution is -0.116. The van der Waals surface area contributed by atoms with E-state index < -0.39 is 11.9 Å². The lowest BCUT2D eigenvalue weighted by atomic mass is 10.2. The smallest absolute Gasteiger partial charge is 0.411 e. The third-order valence-corrected chi connectivity index (χ3v) is 3.33. The van der Waals surface area contributed by atoms with Gasteiger partial charge in [-0.1, -0.05) is 12.1 Å². The van der Waals surface area contributed by atoms with E-state index in [1.165, 1.54) is 6.07 Å². The molecule has 0 aliphatic rings. The third kappa shape index (κ3) is 6.43. The lowest BCUT2D eigenvalue weighted by Gasteiger charge is -2.09. The molecule has 2 aromatic carbocycles. The second-order valence-corrected chi connectivity index (χ2v) is 5.35. The Labute approximate surface area is 151 Å². The van der Waals surface area contributed by atoms with E-state index in [1.807, 2.05) is 0 Å². The van der Waals surface area contributed by atoms with E-state index in [0.717, 1.165) is 0 Å². The lowest BCUT2D eigenvalue weighted by Crippen LogP contribution is -2.14. The van der Waals surface area contributed by atoms with Gasteiger partial charge in [0.2, 0.25) is 5.91 Å². The maximum Gasteiger partial charge on any atom is 0.411 e. The van der Waals surface area contributed by atoms with Gasteiger partial charge in [0.15, 0.2) is 11.6 Å². The van der Waals surface area contributed by atoms with Gasteiger partial charge in [-0.3, -0.25) is 10.1 Å². The number of carbonyl (C=O) groups excluding carboxylic acids is 2. The first kappa shape index (κ1) is 19.2. The molecule has 0 bridgehead atoms. The summed E-state index contributed by atoms with van der Waals surface area (Å²) in [6.45, 7) is 2.26. The first-order valence-corrected chi connectivity index (χ1v) is 8.29. The Morgan fingerprint density at radius 1 is 1.00 bits per heavy atom. The fourth-order valence-electron chi connectivity index (χ4n) is 2.12. The van der Waals surface area contributed by atoms with Gasteiger partial charge < -0.3 is 14.8 Å². The van der Waals surface area contributed by atoms with E-state index in [9.17, 15) is 14.0 Å². The predicted molar refractivity (Wildman–Crippen MR) is 96.8 cm³/mol. The number of rotatable bonds is 8. The molecule has 26 heavy (non-hydrogen) atoms. The van der Waals surface area contributed by atoms with E-state index in [1.54, 1.807) is 49.4 Å². The van der Waals surface area contributed by atoms with Crippen LogP contribution in [0.5, 0.6) is 5.75 Å². The van der Waals surface area contributed by atoms with Crippen LogP contribution in [-0.4, -0.2) is 25.2 Å². The van der Waals surface area contributed by atoms with E-state index in [-0.39, 0.29) is 24.7 Å². The Morgan fingerprint density at radius 3 is 2.31 bits per heavy atom. The summed E-state index contributed by atoms with van der Waals surface area (Å²) in [7, 11) is 0. The van der Waals surface area contributed by atoms with Gasteiger partial charge in [-0.15, -0.1) is 0 Å². The van der Waals surface area contributed by atoms with Crippen LogP contribution in [0.4, 0.5) is 20.6 Å². The minimum Gasteiger partial charge on any atom is -0.491 e. The van der Waals surface area contributed by atoms with Crippen LogP contribution in [0.2, 0.25) is 0 Å². The van der Waals surface area contributed by atoms with Crippen molar-refractivity contribution in [2.75, 3.05) is 23.8 Å². The average molecular weight is 360 g/mol. The molecular weight excluding hydrogens is 339 g/mol. The number of carbonyl (C=O) groups is 2. The largest absolute Gasteiger partial charge is 0.491 e. The topological polar surface area (TPSA) is 76.7 Å². The minimum atomic E-state index is -0.529. The summed E-state index contributed by atoms with van der Waals surface area (Å²) in [5, 5.41) is 5.31. The highest BCUT2D eigenvalue weighted by molar-refractivity contribution is 5.91. The minimum absolute atomic E-state index is 0.173. The SMILES string of the molecule is CCOC(=O)Nc1ccc(NC(=O)CCCOc2ccccc2F)cc1. The summed E-state index contributed by atoms with van der Waals surface area (Å²) in [5.74, 6) is -0.417. The Morgan fingerprint density at radius 2 is 1.65 bits per heavy atom. The maximum absolute atomic E-state index is 13.4. The molecule has 2 aromatic rings. The zero-order valence-electron chi connectivity index (χ0n) is 14.5. The van der Waals surface area contributed by atoms with Gasteiger partial charge in [-0.2, -0.15) is 0 Å². The molecule has 0 aliphatic heterocycles. The zero-order chi connectivity index (χ0) is 18.8. The summed E-state index contributed by atoms with van der Waals surface area (Å²) in [5.41, 5.74) is 1.18. The highest BCUT2D eigenvalue weighted by atomic mass is 19.1. The standard InChI is InChI=1S/C19H21FN2O4/c1-2-25-19(24)22-15-11-9-14(10-12-15)21-18(23)8-5-13-26-17-7-4-3-6-16(17)20/h3-4,6-7,9-12H,2,5,8,13H2,1H3,(H,21,23)(H,22,24). The Balaban J connectivity index is 1.70. The van der Waals surface area contributed by atoms with Crippen LogP contribution >= 0.6 is 0 Å². The molecule has 0 atom stereocenters. The molecule has 138 valence electrons. The monoisotopic (exact) mass is 360 g/mol. The normalized spacial score (nSPS) is 10.1. The molecule has 2 amide bonds. The van der Waals surface area contributed by atoms with Crippen LogP contribution < -0.4 is 15.4 Å². The van der Waals surface area contributed by atoms with Gasteiger partial charge in [0.25, 0.3) is 0 Å². The Bertz CT molecular complexity index is 735. The quantitative estimate of drug-likeness (QED) is 0.692. The van der Waals surface area contributed by atoms with Crippen LogP contribution in [0.15, 0.2) is 48.5 Å². The summed E-state index contributed by atoms with van der Waals surface area (Å²) in [4.78, 5) is 23.2. The average Bonchev–Trinajstić information content (AvgIpc) is 2.62. The first-order chi connectivity index (χ1) is 12.6. The number of benzene rings is 2. The molecule has 6 nitrogen and oxygen atoms in total. The number of halogens is 1. The van der Waals surface area contributed by atoms with Gasteiger partial charge >= 0.3 is 6.09 Å². The van der Waals surface area contributed by atoms with E-state index in [0.29, 0.717) is 24.4 Å². The van der Waals surface area contributed by atoms with Crippen molar-refractivity contribution < 1.29 is 23.5 Å². The van der Waals surface area contributed by atoms with Crippen molar-refractivity contribution in [3.05, 3.63) is 54.3 Å². The fourth-order valence-corrected chi connectivity index (χ4v) is 2.12. The highest BCUT2D eigenvalue weighted by Crippen LogP contribution is 2.16. The number of amides is 2. The van der Waals surface area contributed by atoms with Crippen LogP contribution in [-0.2, 0) is 9.53 Å². The highest BCUT2D eigenvalue weighted by Gasteiger charge is 2.06. The van der Waals surface area contributed by atoms with Crippen molar-refractivity contribution in [2.45, 2.75) is 19.8 Å². The molecule has 0 saturated heterocycles. The van der Waals surface area contributed by atoms with Crippen LogP contribution in [0.1, 0.15) is 19.8 Å². The molecule has 0 saturated carbocycles. The van der Waals surface area contributed by atoms with Crippen molar-refractivity contribution in [3.8, 4) is 5.75 Å². The second kappa shape index (κ2) is 10.0. The zero-order valence-corrected chi connectivity index (χ0v) is 14.5. The molecule has 0 unspecified atom stereocenters. The molecule has 7 heteroatoms. The number of ether oxygens (including phenoxy) is 2. The number of hydrogen-bond donors (Lipinski definition) is 2. The van der Waals surface area contributed by atoms with Crippen LogP contribution in [0.25, 0.3) is 0 Å². The predicted octanol–water partition coefficient (Wildman–Crippen LogP) is 4.19.